The average Bonchev–Trinajstić information content (AvgIpc) is 2.85. The lowest BCUT2D eigenvalue weighted by Gasteiger charge is -2.32. The first-order valence-electron chi connectivity index (χ1n) is 11.3. The standard InChI is InChI=1S/C26H28FN3O4/c1-17-18(8-7-10-20(17)21-9-3-4-11-22(21)27)16-34-26-28-14-19(24(29-26)33-2)15-30-13-6-5-12-23(30)25(31)32/h3-4,7-11,14,23H,5-6,12-13,15-16H2,1-2H3,(H,31,32)/t23-/m0/s1. The van der Waals surface area contributed by atoms with Crippen LogP contribution in [0.1, 0.15) is 36.0 Å². The molecule has 4 rings (SSSR count). The molecule has 7 nitrogen and oxygen atoms in total. The monoisotopic (exact) mass is 465 g/mol. The minimum absolute atomic E-state index is 0.157. The fourth-order valence-corrected chi connectivity index (χ4v) is 4.36. The number of benzene rings is 2. The van der Waals surface area contributed by atoms with Gasteiger partial charge < -0.3 is 14.6 Å². The smallest absolute Gasteiger partial charge is 0.320 e. The van der Waals surface area contributed by atoms with E-state index in [-0.39, 0.29) is 18.4 Å². The van der Waals surface area contributed by atoms with Crippen LogP contribution in [0.25, 0.3) is 11.1 Å². The number of likely N-dealkylation sites (tertiary alicyclic amines) is 1. The van der Waals surface area contributed by atoms with E-state index in [4.69, 9.17) is 9.47 Å². The molecule has 0 saturated carbocycles. The maximum atomic E-state index is 14.3. The van der Waals surface area contributed by atoms with E-state index in [1.54, 1.807) is 18.3 Å². The summed E-state index contributed by atoms with van der Waals surface area (Å²) in [6, 6.07) is 12.0. The summed E-state index contributed by atoms with van der Waals surface area (Å²) in [7, 11) is 1.52. The van der Waals surface area contributed by atoms with E-state index in [9.17, 15) is 14.3 Å². The summed E-state index contributed by atoms with van der Waals surface area (Å²) < 4.78 is 25.6. The third kappa shape index (κ3) is 5.17. The molecule has 0 bridgehead atoms. The second-order valence-electron chi connectivity index (χ2n) is 8.37. The highest BCUT2D eigenvalue weighted by Gasteiger charge is 2.29. The number of aromatic nitrogens is 2. The normalized spacial score (nSPS) is 16.3. The zero-order chi connectivity index (χ0) is 24.1. The summed E-state index contributed by atoms with van der Waals surface area (Å²) in [4.78, 5) is 22.2. The first-order chi connectivity index (χ1) is 16.5. The van der Waals surface area contributed by atoms with Crippen LogP contribution < -0.4 is 9.47 Å². The number of aliphatic carboxylic acids is 1. The molecular weight excluding hydrogens is 437 g/mol. The zero-order valence-electron chi connectivity index (χ0n) is 19.3. The molecule has 1 aliphatic rings. The molecule has 1 fully saturated rings. The van der Waals surface area contributed by atoms with Crippen LogP contribution >= 0.6 is 0 Å². The maximum Gasteiger partial charge on any atom is 0.320 e. The number of halogens is 1. The molecule has 2 heterocycles. The third-order valence-electron chi connectivity index (χ3n) is 6.23. The number of hydrogen-bond acceptors (Lipinski definition) is 6. The molecule has 2 aromatic carbocycles. The van der Waals surface area contributed by atoms with Gasteiger partial charge in [-0.2, -0.15) is 4.98 Å². The summed E-state index contributed by atoms with van der Waals surface area (Å²) in [5, 5.41) is 9.52. The Balaban J connectivity index is 1.49. The van der Waals surface area contributed by atoms with Crippen LogP contribution in [0.2, 0.25) is 0 Å². The number of ether oxygens (including phenoxy) is 2. The molecule has 0 spiro atoms. The average molecular weight is 466 g/mol. The van der Waals surface area contributed by atoms with Crippen LogP contribution in [-0.4, -0.2) is 45.6 Å². The molecule has 1 aliphatic heterocycles. The van der Waals surface area contributed by atoms with Crippen molar-refractivity contribution in [1.82, 2.24) is 14.9 Å². The number of carboxylic acids is 1. The van der Waals surface area contributed by atoms with Crippen molar-refractivity contribution in [3.63, 3.8) is 0 Å². The highest BCUT2D eigenvalue weighted by molar-refractivity contribution is 5.73. The SMILES string of the molecule is COc1nc(OCc2cccc(-c3ccccc3F)c2C)ncc1CN1CCCC[C@H]1C(=O)O. The van der Waals surface area contributed by atoms with Gasteiger partial charge in [-0.25, -0.2) is 9.37 Å². The number of methoxy groups -OCH3 is 1. The van der Waals surface area contributed by atoms with Gasteiger partial charge in [-0.05, 0) is 49.1 Å². The highest BCUT2D eigenvalue weighted by Crippen LogP contribution is 2.29. The molecule has 0 radical (unpaired) electrons. The van der Waals surface area contributed by atoms with E-state index < -0.39 is 12.0 Å². The summed E-state index contributed by atoms with van der Waals surface area (Å²) in [5.74, 6) is -0.727. The van der Waals surface area contributed by atoms with Crippen LogP contribution in [-0.2, 0) is 17.9 Å². The minimum Gasteiger partial charge on any atom is -0.481 e. The molecule has 34 heavy (non-hydrogen) atoms. The molecule has 178 valence electrons. The van der Waals surface area contributed by atoms with Gasteiger partial charge in [0.05, 0.1) is 7.11 Å². The van der Waals surface area contributed by atoms with Crippen molar-refractivity contribution in [2.24, 2.45) is 0 Å². The van der Waals surface area contributed by atoms with Crippen LogP contribution in [0.5, 0.6) is 11.9 Å². The molecule has 0 amide bonds. The molecule has 0 unspecified atom stereocenters. The van der Waals surface area contributed by atoms with Gasteiger partial charge in [-0.1, -0.05) is 42.8 Å². The molecule has 1 saturated heterocycles. The van der Waals surface area contributed by atoms with Gasteiger partial charge in [0.15, 0.2) is 0 Å². The van der Waals surface area contributed by atoms with Gasteiger partial charge in [-0.15, -0.1) is 0 Å². The van der Waals surface area contributed by atoms with Crippen LogP contribution in [0.15, 0.2) is 48.7 Å². The molecular formula is C26H28FN3O4. The van der Waals surface area contributed by atoms with Gasteiger partial charge in [0.1, 0.15) is 18.5 Å². The summed E-state index contributed by atoms with van der Waals surface area (Å²) in [6.45, 7) is 3.24. The summed E-state index contributed by atoms with van der Waals surface area (Å²) >= 11 is 0. The molecule has 1 N–H and O–H groups in total. The Hall–Kier alpha value is -3.52. The van der Waals surface area contributed by atoms with Crippen molar-refractivity contribution in [1.29, 1.82) is 0 Å². The summed E-state index contributed by atoms with van der Waals surface area (Å²) in [5.41, 5.74) is 3.87. The second-order valence-corrected chi connectivity index (χ2v) is 8.37. The van der Waals surface area contributed by atoms with Gasteiger partial charge in [0.2, 0.25) is 5.88 Å². The summed E-state index contributed by atoms with van der Waals surface area (Å²) in [6.07, 6.45) is 4.12. The van der Waals surface area contributed by atoms with E-state index in [0.29, 0.717) is 36.5 Å². The van der Waals surface area contributed by atoms with Crippen molar-refractivity contribution in [2.45, 2.75) is 45.4 Å². The minimum atomic E-state index is -0.812. The van der Waals surface area contributed by atoms with Crippen molar-refractivity contribution in [3.05, 3.63) is 71.2 Å². The van der Waals surface area contributed by atoms with E-state index in [1.165, 1.54) is 13.2 Å². The topological polar surface area (TPSA) is 84.8 Å². The number of nitrogens with zero attached hydrogens (tertiary/aromatic N) is 3. The highest BCUT2D eigenvalue weighted by atomic mass is 19.1. The Morgan fingerprint density at radius 2 is 1.94 bits per heavy atom. The molecule has 8 heteroatoms. The Kier molecular flexibility index (Phi) is 7.37. The largest absolute Gasteiger partial charge is 0.481 e. The maximum absolute atomic E-state index is 14.3. The Morgan fingerprint density at radius 1 is 1.15 bits per heavy atom. The Labute approximate surface area is 198 Å². The van der Waals surface area contributed by atoms with E-state index in [0.717, 1.165) is 29.5 Å². The predicted molar refractivity (Wildman–Crippen MR) is 125 cm³/mol. The van der Waals surface area contributed by atoms with Gasteiger partial charge in [-0.3, -0.25) is 9.69 Å². The van der Waals surface area contributed by atoms with Crippen molar-refractivity contribution >= 4 is 5.97 Å². The number of piperidine rings is 1. The predicted octanol–water partition coefficient (Wildman–Crippen LogP) is 4.62. The Morgan fingerprint density at radius 3 is 2.71 bits per heavy atom. The lowest BCUT2D eigenvalue weighted by atomic mass is 9.96. The molecule has 1 atom stereocenters. The number of rotatable bonds is 8. The third-order valence-corrected chi connectivity index (χ3v) is 6.23. The van der Waals surface area contributed by atoms with E-state index in [1.807, 2.05) is 36.1 Å². The first-order valence-corrected chi connectivity index (χ1v) is 11.3. The molecule has 1 aromatic heterocycles. The number of carbonyl (C=O) groups is 1. The van der Waals surface area contributed by atoms with Gasteiger partial charge in [0.25, 0.3) is 0 Å². The van der Waals surface area contributed by atoms with E-state index in [2.05, 4.69) is 9.97 Å². The Bertz CT molecular complexity index is 1170. The zero-order valence-corrected chi connectivity index (χ0v) is 19.3. The van der Waals surface area contributed by atoms with Crippen molar-refractivity contribution < 1.29 is 23.8 Å². The molecule has 3 aromatic rings. The van der Waals surface area contributed by atoms with Crippen LogP contribution in [0.3, 0.4) is 0 Å². The number of carboxylic acid groups (broad SMARTS) is 1. The van der Waals surface area contributed by atoms with Crippen LogP contribution in [0, 0.1) is 12.7 Å². The fraction of sp³-hybridized carbons (Fsp3) is 0.346. The van der Waals surface area contributed by atoms with Crippen molar-refractivity contribution in [2.75, 3.05) is 13.7 Å². The second kappa shape index (κ2) is 10.6. The van der Waals surface area contributed by atoms with E-state index >= 15 is 0 Å². The fourth-order valence-electron chi connectivity index (χ4n) is 4.36. The van der Waals surface area contributed by atoms with Crippen molar-refractivity contribution in [3.8, 4) is 23.0 Å². The quantitative estimate of drug-likeness (QED) is 0.520. The van der Waals surface area contributed by atoms with Gasteiger partial charge in [0, 0.05) is 23.9 Å². The molecule has 0 aliphatic carbocycles. The number of hydrogen-bond donors (Lipinski definition) is 1. The van der Waals surface area contributed by atoms with Gasteiger partial charge >= 0.3 is 12.0 Å². The lowest BCUT2D eigenvalue weighted by molar-refractivity contribution is -0.144. The lowest BCUT2D eigenvalue weighted by Crippen LogP contribution is -2.44. The first kappa shape index (κ1) is 23.6. The van der Waals surface area contributed by atoms with Crippen LogP contribution in [0.4, 0.5) is 4.39 Å².